The second-order valence-corrected chi connectivity index (χ2v) is 4.47. The Morgan fingerprint density at radius 1 is 0.688 bits per heavy atom. The van der Waals surface area contributed by atoms with Gasteiger partial charge in [-0.25, -0.2) is 0 Å². The highest BCUT2D eigenvalue weighted by Gasteiger charge is 1.91. The van der Waals surface area contributed by atoms with Crippen molar-refractivity contribution in [2.24, 2.45) is 0 Å². The van der Waals surface area contributed by atoms with Crippen molar-refractivity contribution in [2.45, 2.75) is 58.3 Å². The van der Waals surface area contributed by atoms with Crippen LogP contribution in [0.2, 0.25) is 0 Å². The summed E-state index contributed by atoms with van der Waals surface area (Å²) in [5, 5.41) is 6.89. The van der Waals surface area contributed by atoms with E-state index in [1.807, 2.05) is 0 Å². The maximum absolute atomic E-state index is 3.80. The molecule has 0 aliphatic heterocycles. The van der Waals surface area contributed by atoms with Gasteiger partial charge in [-0.15, -0.1) is 0 Å². The molecule has 2 nitrogen and oxygen atoms in total. The maximum Gasteiger partial charge on any atom is -0.00489 e. The molecule has 0 fully saturated rings. The lowest BCUT2D eigenvalue weighted by molar-refractivity contribution is 0.554. The van der Waals surface area contributed by atoms with Crippen LogP contribution in [-0.2, 0) is 0 Å². The lowest BCUT2D eigenvalue weighted by Crippen LogP contribution is -2.18. The average Bonchev–Trinajstić information content (AvgIpc) is 2.31. The van der Waals surface area contributed by atoms with Crippen LogP contribution in [0.15, 0.2) is 0 Å². The first-order chi connectivity index (χ1) is 7.91. The van der Waals surface area contributed by atoms with Crippen LogP contribution in [0.25, 0.3) is 0 Å². The predicted molar refractivity (Wildman–Crippen MR) is 73.7 cm³/mol. The van der Waals surface area contributed by atoms with Crippen molar-refractivity contribution in [1.82, 2.24) is 10.6 Å². The Morgan fingerprint density at radius 2 is 1.19 bits per heavy atom. The van der Waals surface area contributed by atoms with Crippen molar-refractivity contribution in [1.29, 1.82) is 0 Å². The lowest BCUT2D eigenvalue weighted by Gasteiger charge is -2.05. The first-order valence-corrected chi connectivity index (χ1v) is 7.12. The summed E-state index contributed by atoms with van der Waals surface area (Å²) >= 11 is 0. The van der Waals surface area contributed by atoms with E-state index in [1.54, 1.807) is 0 Å². The molecule has 97 valence electrons. The highest BCUT2D eigenvalue weighted by atomic mass is 14.8. The van der Waals surface area contributed by atoms with Gasteiger partial charge in [-0.2, -0.15) is 0 Å². The van der Waals surface area contributed by atoms with Gasteiger partial charge in [0.15, 0.2) is 0 Å². The average molecular weight is 227 g/mol. The molecule has 0 heterocycles. The molecule has 0 rings (SSSR count). The van der Waals surface area contributed by atoms with Gasteiger partial charge in [0.05, 0.1) is 0 Å². The molecule has 0 spiro atoms. The third kappa shape index (κ3) is 13.9. The van der Waals surface area contributed by atoms with Gasteiger partial charge in [0, 0.05) is 0 Å². The summed E-state index contributed by atoms with van der Waals surface area (Å²) in [5.41, 5.74) is 0. The normalized spacial score (nSPS) is 10.9. The monoisotopic (exact) mass is 227 g/mol. The summed E-state index contributed by atoms with van der Waals surface area (Å²) in [4.78, 5) is 0. The predicted octanol–water partition coefficient (Wildman–Crippen LogP) is 3.14. The van der Waals surface area contributed by atoms with E-state index >= 15 is 0 Å². The second kappa shape index (κ2) is 14.9. The molecule has 0 saturated heterocycles. The summed E-state index contributed by atoms with van der Waals surface area (Å²) in [5.74, 6) is 0. The van der Waals surface area contributed by atoms with Crippen LogP contribution >= 0.6 is 0 Å². The van der Waals surface area contributed by atoms with E-state index in [0.717, 1.165) is 19.5 Å². The van der Waals surface area contributed by atoms with Crippen molar-refractivity contribution in [3.05, 3.63) is 6.92 Å². The molecule has 16 heavy (non-hydrogen) atoms. The van der Waals surface area contributed by atoms with E-state index in [4.69, 9.17) is 0 Å². The van der Waals surface area contributed by atoms with E-state index in [2.05, 4.69) is 24.5 Å². The fourth-order valence-electron chi connectivity index (χ4n) is 1.73. The first-order valence-electron chi connectivity index (χ1n) is 7.12. The molecule has 1 radical (unpaired) electrons. The van der Waals surface area contributed by atoms with Crippen LogP contribution in [0.5, 0.6) is 0 Å². The van der Waals surface area contributed by atoms with Crippen LogP contribution in [0.1, 0.15) is 58.3 Å². The van der Waals surface area contributed by atoms with Crippen molar-refractivity contribution >= 4 is 0 Å². The number of rotatable bonds is 13. The van der Waals surface area contributed by atoms with Gasteiger partial charge in [-0.3, -0.25) is 0 Å². The van der Waals surface area contributed by atoms with Gasteiger partial charge in [-0.1, -0.05) is 39.5 Å². The van der Waals surface area contributed by atoms with E-state index < -0.39 is 0 Å². The van der Waals surface area contributed by atoms with Gasteiger partial charge in [0.2, 0.25) is 0 Å². The Labute approximate surface area is 103 Å². The topological polar surface area (TPSA) is 24.1 Å². The molecule has 0 aromatic carbocycles. The summed E-state index contributed by atoms with van der Waals surface area (Å²) in [6.45, 7) is 10.7. The summed E-state index contributed by atoms with van der Waals surface area (Å²) in [6, 6.07) is 0. The molecule has 0 atom stereocenters. The number of hydrogen-bond acceptors (Lipinski definition) is 2. The number of unbranched alkanes of at least 4 members (excludes halogenated alkanes) is 5. The molecular formula is C14H31N2. The standard InChI is InChI=1S/C14H31N2/c1-3-5-6-8-13-16-14-10-7-9-12-15-11-4-2/h15-16H,2-14H2,1H3. The van der Waals surface area contributed by atoms with Crippen molar-refractivity contribution in [2.75, 3.05) is 26.2 Å². The molecule has 0 bridgehead atoms. The fraction of sp³-hybridized carbons (Fsp3) is 0.929. The van der Waals surface area contributed by atoms with Crippen molar-refractivity contribution in [3.8, 4) is 0 Å². The summed E-state index contributed by atoms with van der Waals surface area (Å²) in [6.07, 6.45) is 10.4. The van der Waals surface area contributed by atoms with Crippen LogP contribution in [0.3, 0.4) is 0 Å². The zero-order valence-electron chi connectivity index (χ0n) is 11.2. The van der Waals surface area contributed by atoms with Crippen molar-refractivity contribution < 1.29 is 0 Å². The molecule has 0 unspecified atom stereocenters. The second-order valence-electron chi connectivity index (χ2n) is 4.47. The van der Waals surface area contributed by atoms with Crippen LogP contribution < -0.4 is 10.6 Å². The third-order valence-corrected chi connectivity index (χ3v) is 2.77. The Hall–Kier alpha value is -0.0800. The highest BCUT2D eigenvalue weighted by molar-refractivity contribution is 4.53. The van der Waals surface area contributed by atoms with Gasteiger partial charge < -0.3 is 10.6 Å². The first kappa shape index (κ1) is 15.9. The summed E-state index contributed by atoms with van der Waals surface area (Å²) in [7, 11) is 0. The summed E-state index contributed by atoms with van der Waals surface area (Å²) < 4.78 is 0. The Balaban J connectivity index is 2.83. The zero-order chi connectivity index (χ0) is 11.9. The van der Waals surface area contributed by atoms with Gasteiger partial charge in [0.1, 0.15) is 0 Å². The van der Waals surface area contributed by atoms with Crippen molar-refractivity contribution in [3.63, 3.8) is 0 Å². The van der Waals surface area contributed by atoms with Crippen LogP contribution in [-0.4, -0.2) is 26.2 Å². The zero-order valence-corrected chi connectivity index (χ0v) is 11.2. The minimum absolute atomic E-state index is 0.999. The molecule has 0 amide bonds. The van der Waals surface area contributed by atoms with E-state index in [9.17, 15) is 0 Å². The lowest BCUT2D eigenvalue weighted by atomic mass is 10.2. The third-order valence-electron chi connectivity index (χ3n) is 2.77. The number of hydrogen-bond donors (Lipinski definition) is 2. The van der Waals surface area contributed by atoms with E-state index in [-0.39, 0.29) is 0 Å². The highest BCUT2D eigenvalue weighted by Crippen LogP contribution is 1.97. The van der Waals surface area contributed by atoms with E-state index in [1.165, 1.54) is 58.0 Å². The Kier molecular flexibility index (Phi) is 14.8. The minimum Gasteiger partial charge on any atom is -0.317 e. The molecule has 0 aliphatic rings. The molecular weight excluding hydrogens is 196 g/mol. The maximum atomic E-state index is 3.80. The molecule has 2 heteroatoms. The molecule has 0 saturated carbocycles. The molecule has 0 aliphatic carbocycles. The number of nitrogens with one attached hydrogen (secondary N) is 2. The fourth-order valence-corrected chi connectivity index (χ4v) is 1.73. The van der Waals surface area contributed by atoms with E-state index in [0.29, 0.717) is 0 Å². The Bertz CT molecular complexity index is 101. The molecule has 2 N–H and O–H groups in total. The van der Waals surface area contributed by atoms with Crippen LogP contribution in [0.4, 0.5) is 0 Å². The molecule has 0 aromatic heterocycles. The minimum atomic E-state index is 0.999. The SMILES string of the molecule is [CH2]CCNCCCCCNCCCCCC. The van der Waals surface area contributed by atoms with Gasteiger partial charge in [0.25, 0.3) is 0 Å². The smallest absolute Gasteiger partial charge is 0.00489 e. The quantitative estimate of drug-likeness (QED) is 0.472. The van der Waals surface area contributed by atoms with Gasteiger partial charge >= 0.3 is 0 Å². The molecule has 0 aromatic rings. The largest absolute Gasteiger partial charge is 0.317 e. The Morgan fingerprint density at radius 3 is 1.69 bits per heavy atom. The van der Waals surface area contributed by atoms with Gasteiger partial charge in [-0.05, 0) is 51.9 Å². The van der Waals surface area contributed by atoms with Crippen LogP contribution in [0, 0.1) is 6.92 Å².